The van der Waals surface area contributed by atoms with Crippen LogP contribution in [0.3, 0.4) is 0 Å². The first-order valence-corrected chi connectivity index (χ1v) is 12.3. The Morgan fingerprint density at radius 1 is 1.26 bits per heavy atom. The number of thiazole rings is 1. The van der Waals surface area contributed by atoms with E-state index in [0.29, 0.717) is 16.3 Å². The number of aliphatic carboxylic acids is 1. The van der Waals surface area contributed by atoms with E-state index in [1.165, 1.54) is 23.5 Å². The van der Waals surface area contributed by atoms with Gasteiger partial charge in [-0.05, 0) is 47.2 Å². The van der Waals surface area contributed by atoms with Crippen molar-refractivity contribution in [1.82, 2.24) is 9.55 Å². The van der Waals surface area contributed by atoms with Crippen molar-refractivity contribution in [3.05, 3.63) is 74.2 Å². The molecule has 34 heavy (non-hydrogen) atoms. The largest absolute Gasteiger partial charge is 0.480 e. The standard InChI is InChI=1S/C25H25F3N2O2S2/c1-15(2)23-21(34-24(29-23)18-6-8-19(9-7-18)25(26,27)28)14-33-17(4)5-10-20-16(3)11-12-30(20)13-22(31)32/h5-12,15H,3,13-14H2,1-2,4H3,(H,31,32)/b17-5+,20-10+. The van der Waals surface area contributed by atoms with Crippen LogP contribution in [-0.2, 0) is 23.3 Å². The summed E-state index contributed by atoms with van der Waals surface area (Å²) >= 11 is 3.12. The van der Waals surface area contributed by atoms with E-state index in [2.05, 4.69) is 6.58 Å². The van der Waals surface area contributed by atoms with Crippen LogP contribution in [-0.4, -0.2) is 20.6 Å². The van der Waals surface area contributed by atoms with E-state index >= 15 is 0 Å². The highest BCUT2D eigenvalue weighted by Gasteiger charge is 2.30. The Bertz CT molecular complexity index is 1300. The number of nitrogens with zero attached hydrogens (tertiary/aromatic N) is 2. The van der Waals surface area contributed by atoms with Crippen LogP contribution >= 0.6 is 23.1 Å². The zero-order chi connectivity index (χ0) is 25.0. The predicted molar refractivity (Wildman–Crippen MR) is 133 cm³/mol. The minimum Gasteiger partial charge on any atom is -0.480 e. The average Bonchev–Trinajstić information content (AvgIpc) is 3.34. The summed E-state index contributed by atoms with van der Waals surface area (Å²) in [5.74, 6) is -0.0653. The SMILES string of the molecule is C=c1ccn(CC(=O)O)/c1=C/C=C(\C)SCc1sc(-c2ccc(C(F)(F)F)cc2)nc1C(C)C. The quantitative estimate of drug-likeness (QED) is 0.415. The van der Waals surface area contributed by atoms with Crippen molar-refractivity contribution >= 4 is 41.7 Å². The van der Waals surface area contributed by atoms with Gasteiger partial charge in [-0.15, -0.1) is 23.1 Å². The Labute approximate surface area is 204 Å². The number of halogens is 3. The Hall–Kier alpha value is -2.78. The van der Waals surface area contributed by atoms with Gasteiger partial charge >= 0.3 is 12.1 Å². The fourth-order valence-corrected chi connectivity index (χ4v) is 5.38. The summed E-state index contributed by atoms with van der Waals surface area (Å²) in [5.41, 5.74) is 0.933. The van der Waals surface area contributed by atoms with E-state index in [0.717, 1.165) is 38.2 Å². The topological polar surface area (TPSA) is 55.1 Å². The lowest BCUT2D eigenvalue weighted by Gasteiger charge is -2.06. The molecule has 0 spiro atoms. The summed E-state index contributed by atoms with van der Waals surface area (Å²) < 4.78 is 40.2. The van der Waals surface area contributed by atoms with Crippen molar-refractivity contribution in [3.8, 4) is 10.6 Å². The van der Waals surface area contributed by atoms with Crippen LogP contribution in [0, 0.1) is 0 Å². The number of benzene rings is 1. The Morgan fingerprint density at radius 2 is 1.94 bits per heavy atom. The van der Waals surface area contributed by atoms with Crippen LogP contribution in [0.5, 0.6) is 0 Å². The van der Waals surface area contributed by atoms with Gasteiger partial charge in [-0.2, -0.15) is 13.2 Å². The summed E-state index contributed by atoms with van der Waals surface area (Å²) in [6, 6.07) is 6.87. The summed E-state index contributed by atoms with van der Waals surface area (Å²) in [5, 5.41) is 11.3. The summed E-state index contributed by atoms with van der Waals surface area (Å²) in [4.78, 5) is 17.9. The molecule has 3 aromatic rings. The van der Waals surface area contributed by atoms with E-state index in [1.807, 2.05) is 32.9 Å². The number of aromatic nitrogens is 2. The van der Waals surface area contributed by atoms with E-state index in [1.54, 1.807) is 28.6 Å². The second-order valence-corrected chi connectivity index (χ2v) is 10.3. The van der Waals surface area contributed by atoms with Crippen molar-refractivity contribution in [1.29, 1.82) is 0 Å². The minimum absolute atomic E-state index is 0.132. The molecule has 0 fully saturated rings. The van der Waals surface area contributed by atoms with Gasteiger partial charge < -0.3 is 9.67 Å². The molecule has 0 saturated carbocycles. The maximum Gasteiger partial charge on any atom is 0.416 e. The van der Waals surface area contributed by atoms with E-state index < -0.39 is 17.7 Å². The van der Waals surface area contributed by atoms with Gasteiger partial charge in [0.05, 0.1) is 11.3 Å². The summed E-state index contributed by atoms with van der Waals surface area (Å²) in [6.45, 7) is 9.88. The zero-order valence-corrected chi connectivity index (χ0v) is 20.7. The normalized spacial score (nSPS) is 13.1. The molecule has 180 valence electrons. The molecule has 0 amide bonds. The van der Waals surface area contributed by atoms with Crippen LogP contribution in [0.1, 0.15) is 42.8 Å². The molecule has 2 aromatic heterocycles. The molecule has 0 radical (unpaired) electrons. The molecule has 0 aliphatic rings. The highest BCUT2D eigenvalue weighted by atomic mass is 32.2. The number of carbonyl (C=O) groups is 1. The molecular weight excluding hydrogens is 481 g/mol. The summed E-state index contributed by atoms with van der Waals surface area (Å²) in [7, 11) is 0. The third-order valence-electron chi connectivity index (χ3n) is 5.04. The molecule has 0 unspecified atom stereocenters. The van der Waals surface area contributed by atoms with Crippen molar-refractivity contribution in [2.45, 2.75) is 45.2 Å². The highest BCUT2D eigenvalue weighted by Crippen LogP contribution is 2.37. The number of alkyl halides is 3. The van der Waals surface area contributed by atoms with Gasteiger partial charge in [-0.25, -0.2) is 4.98 Å². The van der Waals surface area contributed by atoms with E-state index in [-0.39, 0.29) is 12.5 Å². The number of carboxylic acid groups (broad SMARTS) is 1. The van der Waals surface area contributed by atoms with Gasteiger partial charge in [-0.1, -0.05) is 38.6 Å². The molecule has 2 heterocycles. The number of hydrogen-bond donors (Lipinski definition) is 1. The molecule has 9 heteroatoms. The molecule has 3 rings (SSSR count). The number of hydrogen-bond acceptors (Lipinski definition) is 4. The molecule has 1 aromatic carbocycles. The second-order valence-electron chi connectivity index (χ2n) is 8.04. The van der Waals surface area contributed by atoms with Crippen LogP contribution < -0.4 is 10.6 Å². The lowest BCUT2D eigenvalue weighted by molar-refractivity contribution is -0.138. The average molecular weight is 507 g/mol. The first-order chi connectivity index (χ1) is 16.0. The number of carboxylic acids is 1. The summed E-state index contributed by atoms with van der Waals surface area (Å²) in [6.07, 6.45) is 1.13. The molecule has 4 nitrogen and oxygen atoms in total. The van der Waals surface area contributed by atoms with Crippen molar-refractivity contribution < 1.29 is 23.1 Å². The van der Waals surface area contributed by atoms with E-state index in [4.69, 9.17) is 10.1 Å². The van der Waals surface area contributed by atoms with Crippen LogP contribution in [0.25, 0.3) is 23.2 Å². The first kappa shape index (κ1) is 25.8. The predicted octanol–water partition coefficient (Wildman–Crippen LogP) is 5.87. The molecule has 0 atom stereocenters. The fraction of sp³-hybridized carbons (Fsp3) is 0.280. The number of rotatable bonds is 8. The minimum atomic E-state index is -4.36. The number of allylic oxidation sites excluding steroid dienone is 2. The molecule has 0 aliphatic heterocycles. The van der Waals surface area contributed by atoms with Crippen molar-refractivity contribution in [3.63, 3.8) is 0 Å². The van der Waals surface area contributed by atoms with Crippen molar-refractivity contribution in [2.75, 3.05) is 0 Å². The highest BCUT2D eigenvalue weighted by molar-refractivity contribution is 8.02. The monoisotopic (exact) mass is 506 g/mol. The van der Waals surface area contributed by atoms with Gasteiger partial charge in [0.1, 0.15) is 11.6 Å². The van der Waals surface area contributed by atoms with Crippen LogP contribution in [0.2, 0.25) is 0 Å². The zero-order valence-electron chi connectivity index (χ0n) is 19.0. The van der Waals surface area contributed by atoms with Gasteiger partial charge in [0.25, 0.3) is 0 Å². The molecule has 0 aliphatic carbocycles. The maximum absolute atomic E-state index is 12.9. The van der Waals surface area contributed by atoms with Gasteiger partial charge in [0.2, 0.25) is 0 Å². The van der Waals surface area contributed by atoms with Gasteiger partial charge in [-0.3, -0.25) is 4.79 Å². The molecule has 0 saturated heterocycles. The maximum atomic E-state index is 12.9. The lowest BCUT2D eigenvalue weighted by atomic mass is 10.1. The van der Waals surface area contributed by atoms with E-state index in [9.17, 15) is 18.0 Å². The first-order valence-electron chi connectivity index (χ1n) is 10.5. The van der Waals surface area contributed by atoms with Crippen LogP contribution in [0.15, 0.2) is 47.5 Å². The second kappa shape index (κ2) is 10.7. The smallest absolute Gasteiger partial charge is 0.416 e. The fourth-order valence-electron chi connectivity index (χ4n) is 3.28. The number of thioether (sulfide) groups is 1. The Kier molecular flexibility index (Phi) is 8.09. The Balaban J connectivity index is 1.80. The third-order valence-corrected chi connectivity index (χ3v) is 7.37. The van der Waals surface area contributed by atoms with Gasteiger partial charge in [0.15, 0.2) is 0 Å². The molecule has 0 bridgehead atoms. The molecular formula is C25H25F3N2O2S2. The van der Waals surface area contributed by atoms with Gasteiger partial charge in [0, 0.05) is 27.7 Å². The van der Waals surface area contributed by atoms with Crippen molar-refractivity contribution in [2.24, 2.45) is 0 Å². The third kappa shape index (κ3) is 6.42. The molecule has 1 N–H and O–H groups in total. The Morgan fingerprint density at radius 3 is 2.53 bits per heavy atom. The van der Waals surface area contributed by atoms with Crippen LogP contribution in [0.4, 0.5) is 13.2 Å². The lowest BCUT2D eigenvalue weighted by Crippen LogP contribution is -2.29.